The number of aryl methyl sites for hydroxylation is 1. The van der Waals surface area contributed by atoms with Crippen LogP contribution in [0.4, 0.5) is 0 Å². The second kappa shape index (κ2) is 8.72. The van der Waals surface area contributed by atoms with Gasteiger partial charge in [0.05, 0.1) is 37.0 Å². The van der Waals surface area contributed by atoms with E-state index >= 15 is 0 Å². The number of ether oxygens (including phenoxy) is 1. The van der Waals surface area contributed by atoms with Gasteiger partial charge in [-0.15, -0.1) is 0 Å². The van der Waals surface area contributed by atoms with Crippen LogP contribution in [0.1, 0.15) is 24.4 Å². The largest absolute Gasteiger partial charge is 0.439 e. The number of likely N-dealkylation sites (tertiary alicyclic amines) is 1. The number of nitrogens with zero attached hydrogens (tertiary/aromatic N) is 5. The highest BCUT2D eigenvalue weighted by atomic mass is 16.5. The number of morpholine rings is 1. The van der Waals surface area contributed by atoms with Crippen LogP contribution < -0.4 is 0 Å². The van der Waals surface area contributed by atoms with Crippen LogP contribution in [-0.4, -0.2) is 76.1 Å². The number of piperidine rings is 1. The van der Waals surface area contributed by atoms with Gasteiger partial charge in [0.1, 0.15) is 5.69 Å². The number of aromatic nitrogens is 3. The number of fused-ring (bicyclic) bond motifs is 1. The Kier molecular flexibility index (Phi) is 5.65. The van der Waals surface area contributed by atoms with Gasteiger partial charge in [0.15, 0.2) is 11.7 Å². The lowest BCUT2D eigenvalue weighted by Gasteiger charge is -2.40. The molecule has 2 aliphatic heterocycles. The standard InChI is InChI=1S/C23H27N5O3/c1-16-24-15-22(31-16)20-3-2-17-14-25-18(12-21(17)26-20)13-23(29)28-6-4-19(5-7-28)27-8-10-30-11-9-27/h2-3,12,14-15,19H,4-11,13H2,1H3. The molecule has 0 N–H and O–H groups in total. The minimum atomic E-state index is 0.134. The molecule has 1 amide bonds. The van der Waals surface area contributed by atoms with E-state index in [1.807, 2.05) is 30.0 Å². The predicted octanol–water partition coefficient (Wildman–Crippen LogP) is 2.46. The van der Waals surface area contributed by atoms with Crippen molar-refractivity contribution in [1.82, 2.24) is 24.8 Å². The summed E-state index contributed by atoms with van der Waals surface area (Å²) in [5.41, 5.74) is 2.27. The van der Waals surface area contributed by atoms with Crippen molar-refractivity contribution in [2.45, 2.75) is 32.2 Å². The first-order chi connectivity index (χ1) is 15.2. The van der Waals surface area contributed by atoms with Gasteiger partial charge in [-0.2, -0.15) is 0 Å². The number of pyridine rings is 2. The normalized spacial score (nSPS) is 18.5. The van der Waals surface area contributed by atoms with E-state index in [-0.39, 0.29) is 5.91 Å². The second-order valence-electron chi connectivity index (χ2n) is 8.25. The number of hydrogen-bond donors (Lipinski definition) is 0. The van der Waals surface area contributed by atoms with Crippen molar-refractivity contribution < 1.29 is 13.9 Å². The van der Waals surface area contributed by atoms with Crippen LogP contribution in [-0.2, 0) is 16.0 Å². The number of oxazole rings is 1. The maximum Gasteiger partial charge on any atom is 0.228 e. The molecule has 3 aromatic rings. The Morgan fingerprint density at radius 1 is 1.10 bits per heavy atom. The summed E-state index contributed by atoms with van der Waals surface area (Å²) < 4.78 is 11.0. The Balaban J connectivity index is 1.24. The SMILES string of the molecule is Cc1ncc(-c2ccc3cnc(CC(=O)N4CCC(N5CCOCC5)CC4)cc3n2)o1. The summed E-state index contributed by atoms with van der Waals surface area (Å²) in [5, 5.41) is 0.933. The third-order valence-corrected chi connectivity index (χ3v) is 6.22. The van der Waals surface area contributed by atoms with Gasteiger partial charge in [0.25, 0.3) is 0 Å². The Morgan fingerprint density at radius 3 is 2.65 bits per heavy atom. The molecule has 0 atom stereocenters. The Labute approximate surface area is 181 Å². The highest BCUT2D eigenvalue weighted by molar-refractivity contribution is 5.83. The number of hydrogen-bond acceptors (Lipinski definition) is 7. The fourth-order valence-electron chi connectivity index (χ4n) is 4.46. The minimum absolute atomic E-state index is 0.134. The summed E-state index contributed by atoms with van der Waals surface area (Å²) in [7, 11) is 0. The fraction of sp³-hybridized carbons (Fsp3) is 0.478. The summed E-state index contributed by atoms with van der Waals surface area (Å²) >= 11 is 0. The zero-order chi connectivity index (χ0) is 21.2. The van der Waals surface area contributed by atoms with E-state index in [9.17, 15) is 4.79 Å². The van der Waals surface area contributed by atoms with E-state index in [1.54, 1.807) is 12.4 Å². The Bertz CT molecular complexity index is 1070. The number of rotatable bonds is 4. The molecule has 31 heavy (non-hydrogen) atoms. The van der Waals surface area contributed by atoms with Gasteiger partial charge in [-0.3, -0.25) is 14.7 Å². The third kappa shape index (κ3) is 4.45. The first-order valence-electron chi connectivity index (χ1n) is 10.9. The van der Waals surface area contributed by atoms with Gasteiger partial charge in [-0.05, 0) is 31.0 Å². The van der Waals surface area contributed by atoms with Crippen LogP contribution in [0, 0.1) is 6.92 Å². The molecule has 0 aliphatic carbocycles. The molecular formula is C23H27N5O3. The monoisotopic (exact) mass is 421 g/mol. The van der Waals surface area contributed by atoms with Crippen molar-refractivity contribution in [2.24, 2.45) is 0 Å². The molecule has 5 rings (SSSR count). The van der Waals surface area contributed by atoms with Crippen LogP contribution in [0.3, 0.4) is 0 Å². The van der Waals surface area contributed by atoms with Crippen molar-refractivity contribution >= 4 is 16.8 Å². The van der Waals surface area contributed by atoms with Crippen LogP contribution in [0.2, 0.25) is 0 Å². The number of amides is 1. The Hall–Kier alpha value is -2.84. The molecule has 162 valence electrons. The van der Waals surface area contributed by atoms with E-state index in [0.29, 0.717) is 24.1 Å². The van der Waals surface area contributed by atoms with Crippen molar-refractivity contribution in [1.29, 1.82) is 0 Å². The van der Waals surface area contributed by atoms with E-state index in [0.717, 1.165) is 74.5 Å². The van der Waals surface area contributed by atoms with Gasteiger partial charge >= 0.3 is 0 Å². The summed E-state index contributed by atoms with van der Waals surface area (Å²) in [6.45, 7) is 7.06. The van der Waals surface area contributed by atoms with E-state index in [4.69, 9.17) is 9.15 Å². The van der Waals surface area contributed by atoms with Gasteiger partial charge in [0.2, 0.25) is 5.91 Å². The molecule has 0 saturated carbocycles. The molecule has 0 unspecified atom stereocenters. The van der Waals surface area contributed by atoms with Crippen molar-refractivity contribution in [3.8, 4) is 11.5 Å². The lowest BCUT2D eigenvalue weighted by atomic mass is 10.0. The van der Waals surface area contributed by atoms with E-state index in [1.165, 1.54) is 0 Å². The highest BCUT2D eigenvalue weighted by Crippen LogP contribution is 2.23. The van der Waals surface area contributed by atoms with Crippen LogP contribution >= 0.6 is 0 Å². The minimum Gasteiger partial charge on any atom is -0.439 e. The quantitative estimate of drug-likeness (QED) is 0.640. The molecule has 0 radical (unpaired) electrons. The molecule has 2 fully saturated rings. The van der Waals surface area contributed by atoms with Gasteiger partial charge in [-0.25, -0.2) is 9.97 Å². The number of carbonyl (C=O) groups is 1. The van der Waals surface area contributed by atoms with Gasteiger partial charge in [0, 0.05) is 50.7 Å². The van der Waals surface area contributed by atoms with Crippen molar-refractivity contribution in [2.75, 3.05) is 39.4 Å². The summed E-state index contributed by atoms with van der Waals surface area (Å²) in [4.78, 5) is 30.7. The first-order valence-corrected chi connectivity index (χ1v) is 10.9. The van der Waals surface area contributed by atoms with Crippen LogP contribution in [0.25, 0.3) is 22.4 Å². The average molecular weight is 422 g/mol. The molecule has 2 aliphatic rings. The molecular weight excluding hydrogens is 394 g/mol. The molecule has 0 aromatic carbocycles. The third-order valence-electron chi connectivity index (χ3n) is 6.22. The van der Waals surface area contributed by atoms with Gasteiger partial charge < -0.3 is 14.1 Å². The smallest absolute Gasteiger partial charge is 0.228 e. The zero-order valence-corrected chi connectivity index (χ0v) is 17.8. The molecule has 0 spiro atoms. The topological polar surface area (TPSA) is 84.6 Å². The Morgan fingerprint density at radius 2 is 1.90 bits per heavy atom. The van der Waals surface area contributed by atoms with Gasteiger partial charge in [-0.1, -0.05) is 0 Å². The summed E-state index contributed by atoms with van der Waals surface area (Å²) in [6.07, 6.45) is 5.81. The molecule has 0 bridgehead atoms. The zero-order valence-electron chi connectivity index (χ0n) is 17.8. The fourth-order valence-corrected chi connectivity index (χ4v) is 4.46. The molecule has 3 aromatic heterocycles. The van der Waals surface area contributed by atoms with E-state index < -0.39 is 0 Å². The maximum absolute atomic E-state index is 12.9. The first kappa shape index (κ1) is 20.1. The average Bonchev–Trinajstić information content (AvgIpc) is 3.25. The van der Waals surface area contributed by atoms with E-state index in [2.05, 4.69) is 19.9 Å². The summed E-state index contributed by atoms with van der Waals surface area (Å²) in [6, 6.07) is 6.33. The lowest BCUT2D eigenvalue weighted by molar-refractivity contribution is -0.132. The van der Waals surface area contributed by atoms with Crippen LogP contribution in [0.15, 0.2) is 35.0 Å². The molecule has 5 heterocycles. The van der Waals surface area contributed by atoms with Crippen LogP contribution in [0.5, 0.6) is 0 Å². The molecule has 8 heteroatoms. The maximum atomic E-state index is 12.9. The highest BCUT2D eigenvalue weighted by Gasteiger charge is 2.27. The predicted molar refractivity (Wildman–Crippen MR) is 115 cm³/mol. The van der Waals surface area contributed by atoms with Crippen molar-refractivity contribution in [3.05, 3.63) is 42.2 Å². The summed E-state index contributed by atoms with van der Waals surface area (Å²) in [5.74, 6) is 1.38. The lowest BCUT2D eigenvalue weighted by Crippen LogP contribution is -2.50. The molecule has 8 nitrogen and oxygen atoms in total. The number of carbonyl (C=O) groups excluding carboxylic acids is 1. The second-order valence-corrected chi connectivity index (χ2v) is 8.25. The van der Waals surface area contributed by atoms with Crippen molar-refractivity contribution in [3.63, 3.8) is 0 Å². The molecule has 2 saturated heterocycles.